The van der Waals surface area contributed by atoms with Crippen molar-refractivity contribution in [2.75, 3.05) is 14.2 Å². The molecule has 1 unspecified atom stereocenters. The van der Waals surface area contributed by atoms with Gasteiger partial charge in [0.15, 0.2) is 0 Å². The topological polar surface area (TPSA) is 52.6 Å². The van der Waals surface area contributed by atoms with Gasteiger partial charge in [-0.1, -0.05) is 22.0 Å². The minimum absolute atomic E-state index is 0.0111. The third-order valence-corrected chi connectivity index (χ3v) is 4.21. The summed E-state index contributed by atoms with van der Waals surface area (Å²) < 4.78 is 23.3. The van der Waals surface area contributed by atoms with E-state index in [0.717, 1.165) is 0 Å². The number of carbonyl (C=O) groups is 2. The van der Waals surface area contributed by atoms with E-state index in [1.807, 2.05) is 0 Å². The van der Waals surface area contributed by atoms with Gasteiger partial charge in [0.2, 0.25) is 0 Å². The summed E-state index contributed by atoms with van der Waals surface area (Å²) in [6, 6.07) is 4.14. The molecule has 4 nitrogen and oxygen atoms in total. The molecule has 0 aromatic heterocycles. The van der Waals surface area contributed by atoms with Gasteiger partial charge in [0.1, 0.15) is 5.82 Å². The minimum Gasteiger partial charge on any atom is -0.469 e. The fraction of sp³-hybridized carbons (Fsp3) is 0.467. The van der Waals surface area contributed by atoms with Crippen LogP contribution in [0.25, 0.3) is 0 Å². The van der Waals surface area contributed by atoms with Crippen LogP contribution in [0.4, 0.5) is 4.39 Å². The fourth-order valence-corrected chi connectivity index (χ4v) is 2.82. The van der Waals surface area contributed by atoms with Crippen molar-refractivity contribution >= 4 is 27.9 Å². The summed E-state index contributed by atoms with van der Waals surface area (Å²) in [7, 11) is 2.57. The van der Waals surface area contributed by atoms with E-state index >= 15 is 0 Å². The summed E-state index contributed by atoms with van der Waals surface area (Å²) in [6.45, 7) is 3.37. The highest BCUT2D eigenvalue weighted by molar-refractivity contribution is 9.10. The first-order chi connectivity index (χ1) is 9.73. The van der Waals surface area contributed by atoms with Gasteiger partial charge in [-0.25, -0.2) is 4.39 Å². The zero-order chi connectivity index (χ0) is 16.2. The Bertz CT molecular complexity index is 542. The third kappa shape index (κ3) is 4.03. The Morgan fingerprint density at radius 3 is 2.38 bits per heavy atom. The lowest BCUT2D eigenvalue weighted by Crippen LogP contribution is -2.34. The molecular formula is C15H18BrFO4. The lowest BCUT2D eigenvalue weighted by atomic mass is 9.73. The van der Waals surface area contributed by atoms with Gasteiger partial charge >= 0.3 is 11.9 Å². The maximum Gasteiger partial charge on any atom is 0.311 e. The quantitative estimate of drug-likeness (QED) is 0.754. The van der Waals surface area contributed by atoms with Crippen molar-refractivity contribution in [3.05, 3.63) is 34.1 Å². The van der Waals surface area contributed by atoms with Crippen LogP contribution in [0, 0.1) is 11.2 Å². The lowest BCUT2D eigenvalue weighted by Gasteiger charge is -2.32. The number of hydrogen-bond acceptors (Lipinski definition) is 4. The second-order valence-electron chi connectivity index (χ2n) is 5.21. The number of benzene rings is 1. The monoisotopic (exact) mass is 360 g/mol. The molecule has 21 heavy (non-hydrogen) atoms. The third-order valence-electron chi connectivity index (χ3n) is 3.52. The SMILES string of the molecule is COC(=O)CC(c1ccc(F)cc1Br)C(C)(C)C(=O)OC. The molecule has 1 aromatic carbocycles. The van der Waals surface area contributed by atoms with E-state index in [1.54, 1.807) is 19.9 Å². The van der Waals surface area contributed by atoms with Crippen LogP contribution in [-0.2, 0) is 19.1 Å². The average Bonchev–Trinajstić information content (AvgIpc) is 2.44. The molecule has 0 aliphatic heterocycles. The van der Waals surface area contributed by atoms with Gasteiger partial charge in [-0.15, -0.1) is 0 Å². The first-order valence-corrected chi connectivity index (χ1v) is 7.13. The summed E-state index contributed by atoms with van der Waals surface area (Å²) in [5.74, 6) is -1.81. The highest BCUT2D eigenvalue weighted by atomic mass is 79.9. The number of halogens is 2. The Kier molecular flexibility index (Phi) is 5.89. The number of ether oxygens (including phenoxy) is 2. The Morgan fingerprint density at radius 1 is 1.29 bits per heavy atom. The van der Waals surface area contributed by atoms with Gasteiger partial charge in [0.05, 0.1) is 26.1 Å². The van der Waals surface area contributed by atoms with Crippen molar-refractivity contribution < 1.29 is 23.5 Å². The van der Waals surface area contributed by atoms with Crippen LogP contribution in [-0.4, -0.2) is 26.2 Å². The fourth-order valence-electron chi connectivity index (χ4n) is 2.19. The molecule has 0 N–H and O–H groups in total. The van der Waals surface area contributed by atoms with Crippen LogP contribution >= 0.6 is 15.9 Å². The van der Waals surface area contributed by atoms with E-state index in [4.69, 9.17) is 9.47 Å². The Morgan fingerprint density at radius 2 is 1.90 bits per heavy atom. The predicted molar refractivity (Wildman–Crippen MR) is 79.3 cm³/mol. The second-order valence-corrected chi connectivity index (χ2v) is 6.07. The van der Waals surface area contributed by atoms with E-state index in [2.05, 4.69) is 15.9 Å². The Labute approximate surface area is 131 Å². The summed E-state index contributed by atoms with van der Waals surface area (Å²) in [4.78, 5) is 23.7. The van der Waals surface area contributed by atoms with E-state index in [1.165, 1.54) is 26.4 Å². The van der Waals surface area contributed by atoms with Crippen LogP contribution in [0.15, 0.2) is 22.7 Å². The molecule has 0 heterocycles. The Hall–Kier alpha value is -1.43. The van der Waals surface area contributed by atoms with Crippen molar-refractivity contribution in [2.45, 2.75) is 26.2 Å². The molecule has 0 aliphatic rings. The van der Waals surface area contributed by atoms with Crippen molar-refractivity contribution in [3.8, 4) is 0 Å². The maximum absolute atomic E-state index is 13.2. The van der Waals surface area contributed by atoms with Gasteiger partial charge < -0.3 is 9.47 Å². The summed E-state index contributed by atoms with van der Waals surface area (Å²) in [5.41, 5.74) is -0.319. The molecule has 116 valence electrons. The molecule has 0 spiro atoms. The highest BCUT2D eigenvalue weighted by Crippen LogP contribution is 2.42. The molecule has 0 bridgehead atoms. The normalized spacial score (nSPS) is 12.7. The molecule has 1 aromatic rings. The van der Waals surface area contributed by atoms with E-state index < -0.39 is 29.1 Å². The van der Waals surface area contributed by atoms with E-state index in [9.17, 15) is 14.0 Å². The molecule has 0 radical (unpaired) electrons. The van der Waals surface area contributed by atoms with Crippen molar-refractivity contribution in [3.63, 3.8) is 0 Å². The highest BCUT2D eigenvalue weighted by Gasteiger charge is 2.41. The molecule has 0 fully saturated rings. The molecule has 6 heteroatoms. The van der Waals surface area contributed by atoms with Gasteiger partial charge in [-0.05, 0) is 31.5 Å². The van der Waals surface area contributed by atoms with Crippen molar-refractivity contribution in [1.29, 1.82) is 0 Å². The largest absolute Gasteiger partial charge is 0.469 e. The second kappa shape index (κ2) is 7.02. The molecule has 0 saturated carbocycles. The molecule has 0 aliphatic carbocycles. The summed E-state index contributed by atoms with van der Waals surface area (Å²) in [5, 5.41) is 0. The van der Waals surface area contributed by atoms with Crippen molar-refractivity contribution in [1.82, 2.24) is 0 Å². The molecule has 1 rings (SSSR count). The first-order valence-electron chi connectivity index (χ1n) is 6.34. The zero-order valence-corrected chi connectivity index (χ0v) is 14.0. The zero-order valence-electron chi connectivity index (χ0n) is 12.4. The molecule has 0 amide bonds. The van der Waals surface area contributed by atoms with Gasteiger partial charge in [-0.2, -0.15) is 0 Å². The molecule has 0 saturated heterocycles. The van der Waals surface area contributed by atoms with E-state index in [-0.39, 0.29) is 6.42 Å². The predicted octanol–water partition coefficient (Wildman–Crippen LogP) is 3.43. The van der Waals surface area contributed by atoms with Crippen molar-refractivity contribution in [2.24, 2.45) is 5.41 Å². The molecule has 1 atom stereocenters. The van der Waals surface area contributed by atoms with Crippen LogP contribution in [0.3, 0.4) is 0 Å². The number of hydrogen-bond donors (Lipinski definition) is 0. The number of carbonyl (C=O) groups excluding carboxylic acids is 2. The molecular weight excluding hydrogens is 343 g/mol. The first kappa shape index (κ1) is 17.6. The average molecular weight is 361 g/mol. The van der Waals surface area contributed by atoms with Gasteiger partial charge in [-0.3, -0.25) is 9.59 Å². The summed E-state index contributed by atoms with van der Waals surface area (Å²) >= 11 is 3.28. The Balaban J connectivity index is 3.31. The van der Waals surface area contributed by atoms with Gasteiger partial charge in [0.25, 0.3) is 0 Å². The van der Waals surface area contributed by atoms with Crippen LogP contribution in [0.5, 0.6) is 0 Å². The standard InChI is InChI=1S/C15H18BrFO4/c1-15(2,14(19)21-4)11(8-13(18)20-3)10-6-5-9(17)7-12(10)16/h5-7,11H,8H2,1-4H3. The van der Waals surface area contributed by atoms with Crippen LogP contribution in [0.1, 0.15) is 31.7 Å². The maximum atomic E-state index is 13.2. The summed E-state index contributed by atoms with van der Waals surface area (Å²) in [6.07, 6.45) is -0.0111. The van der Waals surface area contributed by atoms with Gasteiger partial charge in [0, 0.05) is 10.4 Å². The number of rotatable bonds is 5. The van der Waals surface area contributed by atoms with E-state index in [0.29, 0.717) is 10.0 Å². The smallest absolute Gasteiger partial charge is 0.311 e. The number of esters is 2. The van der Waals surface area contributed by atoms with Crippen LogP contribution in [0.2, 0.25) is 0 Å². The van der Waals surface area contributed by atoms with Crippen LogP contribution < -0.4 is 0 Å². The minimum atomic E-state index is -0.969. The number of methoxy groups -OCH3 is 2. The lowest BCUT2D eigenvalue weighted by molar-refractivity contribution is -0.153.